The first-order valence-corrected chi connectivity index (χ1v) is 36.6. The number of fused-ring (bicyclic) bond motifs is 9. The fraction of sp³-hybridized carbons (Fsp3) is 0.0943. The van der Waals surface area contributed by atoms with Gasteiger partial charge in [0.25, 0.3) is 0 Å². The Morgan fingerprint density at radius 3 is 0.800 bits per heavy atom. The molecule has 0 heterocycles. The maximum Gasteiger partial charge on any atom is 0.0652 e. The Morgan fingerprint density at radius 2 is 0.509 bits per heavy atom. The van der Waals surface area contributed by atoms with Crippen LogP contribution in [0.25, 0.3) is 87.6 Å². The highest BCUT2D eigenvalue weighted by molar-refractivity contribution is 6.25. The lowest BCUT2D eigenvalue weighted by Crippen LogP contribution is -2.12. The van der Waals surface area contributed by atoms with Crippen molar-refractivity contribution in [3.05, 3.63) is 408 Å². The zero-order valence-electron chi connectivity index (χ0n) is 85.9. The van der Waals surface area contributed by atoms with Crippen LogP contribution in [0.5, 0.6) is 0 Å². The Hall–Kier alpha value is -13.3. The van der Waals surface area contributed by atoms with Gasteiger partial charge in [0, 0.05) is 67.6 Å². The van der Waals surface area contributed by atoms with Gasteiger partial charge in [-0.25, -0.2) is 0 Å². The molecule has 0 radical (unpaired) electrons. The molecule has 0 unspecified atom stereocenters. The lowest BCUT2D eigenvalue weighted by atomic mass is 9.93. The lowest BCUT2D eigenvalue weighted by Gasteiger charge is -2.30. The van der Waals surface area contributed by atoms with E-state index in [9.17, 15) is 24.7 Å². The molecule has 18 aromatic rings. The summed E-state index contributed by atoms with van der Waals surface area (Å²) in [6, 6.07) is 60.7. The van der Waals surface area contributed by atoms with Crippen LogP contribution < -0.4 is 19.6 Å². The zero-order chi connectivity index (χ0) is 95.8. The van der Waals surface area contributed by atoms with Crippen LogP contribution >= 0.6 is 0 Å². The first-order chi connectivity index (χ1) is 63.9. The van der Waals surface area contributed by atoms with E-state index in [2.05, 4.69) is 240 Å². The van der Waals surface area contributed by atoms with Crippen molar-refractivity contribution in [1.29, 1.82) is 0 Å². The third-order valence-corrected chi connectivity index (χ3v) is 19.6. The van der Waals surface area contributed by atoms with Crippen LogP contribution in [0.2, 0.25) is 0 Å². The molecule has 0 aliphatic rings. The quantitative estimate of drug-likeness (QED) is 0.0706. The summed E-state index contributed by atoms with van der Waals surface area (Å²) < 4.78 is 227. The molecule has 4 heteroatoms. The molecule has 532 valence electrons. The maximum atomic E-state index is 10.5. The highest BCUT2D eigenvalue weighted by atomic mass is 15.2. The molecule has 0 spiro atoms. The van der Waals surface area contributed by atoms with Gasteiger partial charge in [-0.15, -0.1) is 0 Å². The van der Waals surface area contributed by atoms with Crippen molar-refractivity contribution in [2.75, 3.05) is 19.6 Å². The molecule has 0 amide bonds. The van der Waals surface area contributed by atoms with Crippen molar-refractivity contribution in [1.82, 2.24) is 0 Å². The minimum absolute atomic E-state index is 0.0518. The highest BCUT2D eigenvalue weighted by Crippen LogP contribution is 2.49. The van der Waals surface area contributed by atoms with Crippen LogP contribution in [0.15, 0.2) is 363 Å². The van der Waals surface area contributed by atoms with Crippen LogP contribution in [0.3, 0.4) is 0 Å². The summed E-state index contributed by atoms with van der Waals surface area (Å²) in [5.41, 5.74) is 4.49. The van der Waals surface area contributed by atoms with Crippen LogP contribution in [0.1, 0.15) is 117 Å². The summed E-state index contributed by atoms with van der Waals surface area (Å²) in [6.07, 6.45) is 4.39. The number of nitrogens with zero attached hydrogens (tertiary/aromatic N) is 4. The van der Waals surface area contributed by atoms with Crippen molar-refractivity contribution >= 4 is 156 Å². The SMILES string of the molecule is C(=C\c1ccc(N(c2ccc3ccccc3c2)c2ccc3ccccc3c2)cc1)/c1ccc(N(c2ccc3ccccc3c2)c2ccc3ccccc3c2)cc1.[2H]c1c(C)c([2H])c(N(c2c([2H])c([2H])c(C(C)C)c([2H])c2[2H])c2c([2H])c3c4c([2H])c([2H])c([2H])c([2H])c4c(N(c4c([2H])c([2H])c(C(C)C)c([2H])c4[2H])c4c([2H])c(C)c([2H])c(C)c4[2H])c([2H])c3c3c([2H])c([2H])c([2H])c([2H])c23)c([2H])c1C. The van der Waals surface area contributed by atoms with Gasteiger partial charge >= 0.3 is 0 Å². The van der Waals surface area contributed by atoms with Crippen molar-refractivity contribution in [3.63, 3.8) is 0 Å². The second-order valence-corrected chi connectivity index (χ2v) is 28.0. The largest absolute Gasteiger partial charge is 0.310 e. The van der Waals surface area contributed by atoms with E-state index in [1.165, 1.54) is 70.8 Å². The van der Waals surface area contributed by atoms with Crippen molar-refractivity contribution in [2.45, 2.75) is 67.2 Å². The Balaban J connectivity index is 0.000000196. The Kier molecular flexibility index (Phi) is 13.0. The van der Waals surface area contributed by atoms with Crippen molar-refractivity contribution in [3.8, 4) is 0 Å². The first-order valence-electron chi connectivity index (χ1n) is 48.6. The van der Waals surface area contributed by atoms with Gasteiger partial charge < -0.3 is 19.6 Å². The number of anilines is 12. The average molecular weight is 1440 g/mol. The first kappa shape index (κ1) is 47.4. The normalized spacial score (nSPS) is 14.6. The number of rotatable bonds is 16. The molecule has 18 rings (SSSR count). The second kappa shape index (κ2) is 30.2. The lowest BCUT2D eigenvalue weighted by molar-refractivity contribution is 0.866. The third kappa shape index (κ3) is 14.2. The standard InChI is InChI=1S/C54H38N2.C52H50N2/c1-5-13-45-35-51(31-23-41(45)9-1)55(52-32-24-42-10-2-6-14-46(42)36-52)49-27-19-39(20-28-49)17-18-40-21-29-50(30-22-40)56(53-33-25-43-11-3-7-15-47(43)37-53)54-34-26-44-12-4-8-16-48(44)38-54;1-33(2)39-17-21-41(22-18-39)53(43-27-35(5)25-36(6)28-43)51-31-49-46-14-10-12-16-48(46)52(32-50(49)45-13-9-11-15-47(45)51)54(44-29-37(7)26-38(8)30-44)42-23-19-40(20-24-42)34(3)4/h1-38H;9-34H,1-8H3/b18-17+;/i;9D,10D,11D,12D,13D,14D,15D,16D,17D,18D,19D,20D,21D,22D,23D,24D,25D,26D,27D,28D,29D,30D,31D,32D. The topological polar surface area (TPSA) is 13.0 Å². The highest BCUT2D eigenvalue weighted by Gasteiger charge is 2.24. The van der Waals surface area contributed by atoms with E-state index < -0.39 is 211 Å². The second-order valence-electron chi connectivity index (χ2n) is 28.0. The van der Waals surface area contributed by atoms with E-state index in [1.807, 2.05) is 0 Å². The Bertz CT molecular complexity index is 7280. The molecular weight excluding hydrogens is 1330 g/mol. The van der Waals surface area contributed by atoms with E-state index in [-0.39, 0.29) is 45.5 Å². The number of hydrogen-bond donors (Lipinski definition) is 0. The summed E-state index contributed by atoms with van der Waals surface area (Å²) in [4.78, 5) is 6.30. The minimum atomic E-state index is -0.962. The smallest absolute Gasteiger partial charge is 0.0652 e. The van der Waals surface area contributed by atoms with Gasteiger partial charge in [-0.1, -0.05) is 270 Å². The molecule has 0 saturated heterocycles. The van der Waals surface area contributed by atoms with E-state index >= 15 is 0 Å². The Labute approximate surface area is 680 Å². The third-order valence-electron chi connectivity index (χ3n) is 19.6. The molecule has 0 aromatic heterocycles. The van der Waals surface area contributed by atoms with Gasteiger partial charge in [-0.3, -0.25) is 0 Å². The maximum absolute atomic E-state index is 10.5. The number of benzene rings is 18. The summed E-state index contributed by atoms with van der Waals surface area (Å²) in [6.45, 7) is 12.0. The van der Waals surface area contributed by atoms with E-state index in [0.29, 0.717) is 0 Å². The van der Waals surface area contributed by atoms with Gasteiger partial charge in [0.1, 0.15) is 0 Å². The van der Waals surface area contributed by atoms with Gasteiger partial charge in [0.05, 0.1) is 44.3 Å². The van der Waals surface area contributed by atoms with E-state index in [4.69, 9.17) is 8.22 Å². The fourth-order valence-corrected chi connectivity index (χ4v) is 14.2. The average Bonchev–Trinajstić information content (AvgIpc) is 0.679. The zero-order valence-corrected chi connectivity index (χ0v) is 61.9. The summed E-state index contributed by atoms with van der Waals surface area (Å²) >= 11 is 0. The number of hydrogen-bond acceptors (Lipinski definition) is 4. The molecule has 0 aliphatic heterocycles. The molecule has 0 bridgehead atoms. The molecular formula is C106H88N4. The van der Waals surface area contributed by atoms with Crippen molar-refractivity contribution in [2.24, 2.45) is 0 Å². The van der Waals surface area contributed by atoms with Gasteiger partial charge in [0.15, 0.2) is 0 Å². The molecule has 0 fully saturated rings. The van der Waals surface area contributed by atoms with Gasteiger partial charge in [0.2, 0.25) is 0 Å². The molecule has 110 heavy (non-hydrogen) atoms. The molecule has 18 aromatic carbocycles. The van der Waals surface area contributed by atoms with Crippen LogP contribution in [-0.2, 0) is 0 Å². The summed E-state index contributed by atoms with van der Waals surface area (Å²) in [5.74, 6) is -1.22. The van der Waals surface area contributed by atoms with Gasteiger partial charge in [-0.2, -0.15) is 0 Å². The molecule has 0 N–H and O–H groups in total. The molecule has 4 nitrogen and oxygen atoms in total. The molecule has 0 saturated carbocycles. The fourth-order valence-electron chi connectivity index (χ4n) is 14.2. The monoisotopic (exact) mass is 1440 g/mol. The van der Waals surface area contributed by atoms with Crippen molar-refractivity contribution < 1.29 is 32.9 Å². The van der Waals surface area contributed by atoms with Crippen LogP contribution in [0.4, 0.5) is 68.2 Å². The predicted octanol–water partition coefficient (Wildman–Crippen LogP) is 31.0. The summed E-state index contributed by atoms with van der Waals surface area (Å²) in [7, 11) is 0. The predicted molar refractivity (Wildman–Crippen MR) is 477 cm³/mol. The van der Waals surface area contributed by atoms with Gasteiger partial charge in [-0.05, 0) is 282 Å². The molecule has 0 atom stereocenters. The summed E-state index contributed by atoms with van der Waals surface area (Å²) in [5, 5.41) is 5.75. The molecule has 0 aliphatic carbocycles. The van der Waals surface area contributed by atoms with Crippen LogP contribution in [0, 0.1) is 27.7 Å². The van der Waals surface area contributed by atoms with E-state index in [0.717, 1.165) is 55.1 Å². The minimum Gasteiger partial charge on any atom is -0.310 e. The Morgan fingerprint density at radius 1 is 0.236 bits per heavy atom. The van der Waals surface area contributed by atoms with E-state index in [1.54, 1.807) is 27.7 Å². The van der Waals surface area contributed by atoms with Crippen LogP contribution in [-0.4, -0.2) is 0 Å².